The van der Waals surface area contributed by atoms with Gasteiger partial charge in [0.15, 0.2) is 0 Å². The first kappa shape index (κ1) is 13.0. The Balaban J connectivity index is 0.00000169. The first-order chi connectivity index (χ1) is 6.11. The Bertz CT molecular complexity index is 220. The Morgan fingerprint density at radius 3 is 2.21 bits per heavy atom. The van der Waals surface area contributed by atoms with Crippen LogP contribution in [0.25, 0.3) is 0 Å². The number of hydrogen-bond acceptors (Lipinski definition) is 1. The molecule has 14 heavy (non-hydrogen) atoms. The van der Waals surface area contributed by atoms with Gasteiger partial charge in [0.1, 0.15) is 0 Å². The highest BCUT2D eigenvalue weighted by Crippen LogP contribution is 2.09. The van der Waals surface area contributed by atoms with Gasteiger partial charge >= 0.3 is 0 Å². The molecule has 0 atom stereocenters. The van der Waals surface area contributed by atoms with E-state index in [-0.39, 0.29) is 18.4 Å². The first-order valence-electron chi connectivity index (χ1n) is 4.46. The van der Waals surface area contributed by atoms with Crippen LogP contribution in [0.3, 0.4) is 0 Å². The lowest BCUT2D eigenvalue weighted by Gasteiger charge is -2.25. The summed E-state index contributed by atoms with van der Waals surface area (Å²) in [5.41, 5.74) is 5.24. The van der Waals surface area contributed by atoms with Gasteiger partial charge in [-0.15, -0.1) is 12.4 Å². The minimum atomic E-state index is -0.129. The van der Waals surface area contributed by atoms with E-state index in [2.05, 4.69) is 9.89 Å². The lowest BCUT2D eigenvalue weighted by atomic mass is 10.4. The van der Waals surface area contributed by atoms with Crippen molar-refractivity contribution in [2.75, 3.05) is 27.2 Å². The van der Waals surface area contributed by atoms with Crippen LogP contribution in [0, 0.1) is 5.41 Å². The largest absolute Gasteiger partial charge is 0.368 e. The smallest absolute Gasteiger partial charge is 0.215 e. The van der Waals surface area contributed by atoms with Crippen LogP contribution in [0.2, 0.25) is 0 Å². The van der Waals surface area contributed by atoms with Crippen molar-refractivity contribution >= 4 is 24.3 Å². The third kappa shape index (κ3) is 3.41. The summed E-state index contributed by atoms with van der Waals surface area (Å²) >= 11 is 0. The van der Waals surface area contributed by atoms with Crippen molar-refractivity contribution in [1.82, 2.24) is 9.80 Å². The molecule has 5 nitrogen and oxygen atoms in total. The summed E-state index contributed by atoms with van der Waals surface area (Å²) in [6, 6.07) is 0. The van der Waals surface area contributed by atoms with Crippen LogP contribution in [-0.4, -0.2) is 48.9 Å². The van der Waals surface area contributed by atoms with Crippen LogP contribution in [0.5, 0.6) is 0 Å². The summed E-state index contributed by atoms with van der Waals surface area (Å²) in [7, 11) is 3.83. The monoisotopic (exact) mass is 219 g/mol. The molecular weight excluding hydrogens is 202 g/mol. The minimum absolute atomic E-state index is 0. The number of aliphatic imine (C=N–C) groups is 1. The summed E-state index contributed by atoms with van der Waals surface area (Å²) in [4.78, 5) is 8.04. The average molecular weight is 220 g/mol. The van der Waals surface area contributed by atoms with Crippen LogP contribution in [0.1, 0.15) is 12.8 Å². The van der Waals surface area contributed by atoms with Crippen molar-refractivity contribution in [3.63, 3.8) is 0 Å². The molecule has 0 bridgehead atoms. The summed E-state index contributed by atoms with van der Waals surface area (Å²) in [5.74, 6) is 0.667. The number of nitrogens with zero attached hydrogens (tertiary/aromatic N) is 3. The van der Waals surface area contributed by atoms with E-state index < -0.39 is 0 Å². The van der Waals surface area contributed by atoms with Gasteiger partial charge in [0, 0.05) is 27.2 Å². The van der Waals surface area contributed by atoms with Crippen molar-refractivity contribution < 1.29 is 0 Å². The molecule has 0 spiro atoms. The molecule has 1 fully saturated rings. The van der Waals surface area contributed by atoms with E-state index in [0.717, 1.165) is 19.0 Å². The molecule has 0 amide bonds. The molecule has 0 radical (unpaired) electrons. The van der Waals surface area contributed by atoms with Gasteiger partial charge in [-0.05, 0) is 12.8 Å². The Kier molecular flexibility index (Phi) is 5.30. The van der Waals surface area contributed by atoms with Gasteiger partial charge in [0.2, 0.25) is 11.9 Å². The Hall–Kier alpha value is -0.970. The fraction of sp³-hybridized carbons (Fsp3) is 0.750. The highest BCUT2D eigenvalue weighted by atomic mass is 35.5. The molecule has 0 unspecified atom stereocenters. The molecule has 82 valence electrons. The maximum Gasteiger partial charge on any atom is 0.215 e. The van der Waals surface area contributed by atoms with Crippen LogP contribution >= 0.6 is 12.4 Å². The van der Waals surface area contributed by atoms with Crippen molar-refractivity contribution in [1.29, 1.82) is 5.41 Å². The highest BCUT2D eigenvalue weighted by molar-refractivity contribution is 5.92. The molecule has 0 aliphatic carbocycles. The predicted molar refractivity (Wildman–Crippen MR) is 61.1 cm³/mol. The minimum Gasteiger partial charge on any atom is -0.368 e. The highest BCUT2D eigenvalue weighted by Gasteiger charge is 2.17. The molecule has 1 aliphatic heterocycles. The number of hydrogen-bond donors (Lipinski definition) is 2. The number of rotatable bonds is 0. The summed E-state index contributed by atoms with van der Waals surface area (Å²) < 4.78 is 0. The molecule has 1 saturated heterocycles. The fourth-order valence-corrected chi connectivity index (χ4v) is 1.48. The van der Waals surface area contributed by atoms with Crippen molar-refractivity contribution in [3.8, 4) is 0 Å². The van der Waals surface area contributed by atoms with Gasteiger partial charge in [-0.25, -0.2) is 0 Å². The summed E-state index contributed by atoms with van der Waals surface area (Å²) in [6.07, 6.45) is 2.40. The second-order valence-electron chi connectivity index (χ2n) is 3.39. The van der Waals surface area contributed by atoms with E-state index in [0.29, 0.717) is 0 Å². The second kappa shape index (κ2) is 5.70. The quantitative estimate of drug-likeness (QED) is 0.455. The number of nitrogens with two attached hydrogens (primary N) is 1. The third-order valence-corrected chi connectivity index (χ3v) is 2.01. The molecule has 0 aromatic carbocycles. The van der Waals surface area contributed by atoms with Crippen LogP contribution in [0.15, 0.2) is 4.99 Å². The van der Waals surface area contributed by atoms with E-state index in [1.54, 1.807) is 0 Å². The molecule has 6 heteroatoms. The topological polar surface area (TPSA) is 68.7 Å². The predicted octanol–water partition coefficient (Wildman–Crippen LogP) is 0.315. The second-order valence-corrected chi connectivity index (χ2v) is 3.39. The molecule has 1 aliphatic rings. The SMILES string of the molecule is CN(C)C(=NC(=N)N)N1CCCC1.Cl. The normalized spacial score (nSPS) is 16.4. The first-order valence-corrected chi connectivity index (χ1v) is 4.46. The van der Waals surface area contributed by atoms with E-state index in [4.69, 9.17) is 11.1 Å². The van der Waals surface area contributed by atoms with Gasteiger partial charge in [0.25, 0.3) is 0 Å². The van der Waals surface area contributed by atoms with E-state index >= 15 is 0 Å². The average Bonchev–Trinajstić information content (AvgIpc) is 2.50. The van der Waals surface area contributed by atoms with Crippen LogP contribution in [0.4, 0.5) is 0 Å². The number of nitrogens with one attached hydrogen (secondary N) is 1. The van der Waals surface area contributed by atoms with Crippen molar-refractivity contribution in [2.24, 2.45) is 10.7 Å². The fourth-order valence-electron chi connectivity index (χ4n) is 1.48. The third-order valence-electron chi connectivity index (χ3n) is 2.01. The van der Waals surface area contributed by atoms with E-state index in [9.17, 15) is 0 Å². The van der Waals surface area contributed by atoms with Crippen molar-refractivity contribution in [2.45, 2.75) is 12.8 Å². The van der Waals surface area contributed by atoms with E-state index in [1.165, 1.54) is 12.8 Å². The lowest BCUT2D eigenvalue weighted by molar-refractivity contribution is 0.432. The number of likely N-dealkylation sites (tertiary alicyclic amines) is 1. The zero-order valence-corrected chi connectivity index (χ0v) is 9.47. The summed E-state index contributed by atoms with van der Waals surface area (Å²) in [5, 5.41) is 7.12. The van der Waals surface area contributed by atoms with E-state index in [1.807, 2.05) is 19.0 Å². The Morgan fingerprint density at radius 1 is 1.36 bits per heavy atom. The van der Waals surface area contributed by atoms with Gasteiger partial charge < -0.3 is 15.5 Å². The van der Waals surface area contributed by atoms with Crippen LogP contribution < -0.4 is 5.73 Å². The standard InChI is InChI=1S/C8H17N5.ClH/c1-12(2)8(11-7(9)10)13-5-3-4-6-13;/h3-6H2,1-2H3,(H3,9,10);1H. The number of halogens is 1. The molecule has 0 aromatic heterocycles. The number of guanidine groups is 2. The van der Waals surface area contributed by atoms with Gasteiger partial charge in [-0.3, -0.25) is 5.41 Å². The zero-order chi connectivity index (χ0) is 9.84. The van der Waals surface area contributed by atoms with Crippen LogP contribution in [-0.2, 0) is 0 Å². The Morgan fingerprint density at radius 2 is 1.86 bits per heavy atom. The van der Waals surface area contributed by atoms with Gasteiger partial charge in [0.05, 0.1) is 0 Å². The molecule has 1 heterocycles. The molecular formula is C8H18ClN5. The van der Waals surface area contributed by atoms with Crippen molar-refractivity contribution in [3.05, 3.63) is 0 Å². The molecule has 0 aromatic rings. The van der Waals surface area contributed by atoms with Gasteiger partial charge in [-0.1, -0.05) is 0 Å². The molecule has 3 N–H and O–H groups in total. The van der Waals surface area contributed by atoms with Gasteiger partial charge in [-0.2, -0.15) is 4.99 Å². The zero-order valence-electron chi connectivity index (χ0n) is 8.66. The lowest BCUT2D eigenvalue weighted by Crippen LogP contribution is -2.39. The Labute approximate surface area is 90.9 Å². The molecule has 0 saturated carbocycles. The molecule has 1 rings (SSSR count). The summed E-state index contributed by atoms with van der Waals surface area (Å²) in [6.45, 7) is 2.04. The maximum absolute atomic E-state index is 7.12. The maximum atomic E-state index is 7.12.